The van der Waals surface area contributed by atoms with Crippen molar-refractivity contribution in [3.63, 3.8) is 0 Å². The quantitative estimate of drug-likeness (QED) is 0.608. The molecule has 0 saturated carbocycles. The molecule has 0 aliphatic carbocycles. The lowest BCUT2D eigenvalue weighted by molar-refractivity contribution is 0.0279. The smallest absolute Gasteiger partial charge is 0.339 e. The monoisotopic (exact) mass is 372 g/mol. The van der Waals surface area contributed by atoms with E-state index in [0.717, 1.165) is 0 Å². The molecule has 3 aromatic rings. The van der Waals surface area contributed by atoms with Gasteiger partial charge in [0.1, 0.15) is 17.3 Å². The number of benzene rings is 2. The molecule has 8 heteroatoms. The molecule has 0 spiro atoms. The van der Waals surface area contributed by atoms with Gasteiger partial charge in [-0.15, -0.1) is 10.2 Å². The molecule has 1 heterocycles. The van der Waals surface area contributed by atoms with Crippen LogP contribution in [0.1, 0.15) is 29.3 Å². The first kappa shape index (κ1) is 18.4. The van der Waals surface area contributed by atoms with Crippen LogP contribution in [0.4, 0.5) is 4.39 Å². The van der Waals surface area contributed by atoms with Crippen LogP contribution in [-0.2, 0) is 4.74 Å². The van der Waals surface area contributed by atoms with Crippen LogP contribution < -0.4 is 9.47 Å². The van der Waals surface area contributed by atoms with Crippen LogP contribution in [0.5, 0.6) is 11.5 Å². The number of halogens is 1. The van der Waals surface area contributed by atoms with E-state index in [-0.39, 0.29) is 23.2 Å². The second-order valence-electron chi connectivity index (χ2n) is 5.60. The predicted octanol–water partition coefficient (Wildman–Crippen LogP) is 3.81. The maximum Gasteiger partial charge on any atom is 0.339 e. The molecule has 1 aromatic heterocycles. The van der Waals surface area contributed by atoms with Crippen molar-refractivity contribution in [2.75, 3.05) is 14.2 Å². The summed E-state index contributed by atoms with van der Waals surface area (Å²) in [6, 6.07) is 10.3. The summed E-state index contributed by atoms with van der Waals surface area (Å²) in [5.41, 5.74) is 0.822. The van der Waals surface area contributed by atoms with E-state index >= 15 is 0 Å². The number of hydrogen-bond donors (Lipinski definition) is 0. The van der Waals surface area contributed by atoms with Crippen molar-refractivity contribution in [1.29, 1.82) is 0 Å². The summed E-state index contributed by atoms with van der Waals surface area (Å²) in [5.74, 6) is 0.292. The topological polar surface area (TPSA) is 83.7 Å². The molecule has 0 bridgehead atoms. The van der Waals surface area contributed by atoms with E-state index in [9.17, 15) is 9.18 Å². The normalized spacial score (nSPS) is 11.7. The van der Waals surface area contributed by atoms with Crippen molar-refractivity contribution in [1.82, 2.24) is 10.2 Å². The van der Waals surface area contributed by atoms with Gasteiger partial charge in [0.25, 0.3) is 5.89 Å². The van der Waals surface area contributed by atoms with Gasteiger partial charge in [-0.25, -0.2) is 9.18 Å². The molecule has 7 nitrogen and oxygen atoms in total. The number of methoxy groups -OCH3 is 2. The van der Waals surface area contributed by atoms with Crippen LogP contribution in [0.3, 0.4) is 0 Å². The summed E-state index contributed by atoms with van der Waals surface area (Å²) in [4.78, 5) is 12.4. The first-order chi connectivity index (χ1) is 13.0. The summed E-state index contributed by atoms with van der Waals surface area (Å²) in [7, 11) is 2.98. The number of rotatable bonds is 6. The number of esters is 1. The Morgan fingerprint density at radius 3 is 2.26 bits per heavy atom. The van der Waals surface area contributed by atoms with Gasteiger partial charge in [0.15, 0.2) is 6.10 Å². The van der Waals surface area contributed by atoms with E-state index < -0.39 is 12.1 Å². The van der Waals surface area contributed by atoms with Crippen molar-refractivity contribution >= 4 is 5.97 Å². The van der Waals surface area contributed by atoms with Crippen LogP contribution in [0.2, 0.25) is 0 Å². The van der Waals surface area contributed by atoms with Gasteiger partial charge >= 0.3 is 5.97 Å². The highest BCUT2D eigenvalue weighted by Crippen LogP contribution is 2.26. The Kier molecular flexibility index (Phi) is 5.35. The number of hydrogen-bond acceptors (Lipinski definition) is 7. The molecule has 0 aliphatic heterocycles. The Morgan fingerprint density at radius 2 is 1.67 bits per heavy atom. The van der Waals surface area contributed by atoms with E-state index in [1.807, 2.05) is 0 Å². The van der Waals surface area contributed by atoms with E-state index in [1.165, 1.54) is 50.6 Å². The first-order valence-corrected chi connectivity index (χ1v) is 8.03. The fourth-order valence-electron chi connectivity index (χ4n) is 2.31. The predicted molar refractivity (Wildman–Crippen MR) is 93.1 cm³/mol. The minimum absolute atomic E-state index is 0.123. The van der Waals surface area contributed by atoms with E-state index in [0.29, 0.717) is 17.1 Å². The van der Waals surface area contributed by atoms with Crippen LogP contribution in [0.25, 0.3) is 11.5 Å². The van der Waals surface area contributed by atoms with Crippen LogP contribution in [0.15, 0.2) is 46.9 Å². The Balaban J connectivity index is 1.74. The Labute approximate surface area is 154 Å². The Hall–Kier alpha value is -3.42. The van der Waals surface area contributed by atoms with Gasteiger partial charge in [0.05, 0.1) is 19.8 Å². The number of nitrogens with zero attached hydrogens (tertiary/aromatic N) is 2. The highest BCUT2D eigenvalue weighted by molar-refractivity contribution is 5.90. The van der Waals surface area contributed by atoms with Crippen molar-refractivity contribution in [2.24, 2.45) is 0 Å². The third kappa shape index (κ3) is 4.22. The van der Waals surface area contributed by atoms with Crippen molar-refractivity contribution in [2.45, 2.75) is 13.0 Å². The SMILES string of the molecule is COc1cc(OC)cc(C(=O)O[C@@H](C)c2nnc(-c3ccc(F)cc3)o2)c1. The molecule has 0 unspecified atom stereocenters. The minimum Gasteiger partial charge on any atom is -0.497 e. The fourth-order valence-corrected chi connectivity index (χ4v) is 2.31. The van der Waals surface area contributed by atoms with E-state index in [1.54, 1.807) is 13.0 Å². The number of ether oxygens (including phenoxy) is 3. The Morgan fingerprint density at radius 1 is 1.04 bits per heavy atom. The van der Waals surface area contributed by atoms with Crippen molar-refractivity contribution in [3.8, 4) is 23.0 Å². The molecule has 3 rings (SSSR count). The highest BCUT2D eigenvalue weighted by Gasteiger charge is 2.21. The molecule has 0 radical (unpaired) electrons. The third-order valence-electron chi connectivity index (χ3n) is 3.75. The zero-order valence-corrected chi connectivity index (χ0v) is 14.9. The second-order valence-corrected chi connectivity index (χ2v) is 5.60. The molecule has 0 saturated heterocycles. The van der Waals surface area contributed by atoms with Gasteiger partial charge in [-0.05, 0) is 43.3 Å². The molecule has 1 atom stereocenters. The van der Waals surface area contributed by atoms with Crippen LogP contribution in [0, 0.1) is 5.82 Å². The lowest BCUT2D eigenvalue weighted by Crippen LogP contribution is -2.10. The third-order valence-corrected chi connectivity index (χ3v) is 3.75. The van der Waals surface area contributed by atoms with Gasteiger partial charge in [0.2, 0.25) is 5.89 Å². The maximum atomic E-state index is 13.0. The average molecular weight is 372 g/mol. The largest absolute Gasteiger partial charge is 0.497 e. The molecule has 0 fully saturated rings. The molecule has 27 heavy (non-hydrogen) atoms. The molecule has 0 aliphatic rings. The highest BCUT2D eigenvalue weighted by atomic mass is 19.1. The zero-order chi connectivity index (χ0) is 19.4. The summed E-state index contributed by atoms with van der Waals surface area (Å²) in [5, 5.41) is 7.79. The summed E-state index contributed by atoms with van der Waals surface area (Å²) in [6.45, 7) is 1.61. The maximum absolute atomic E-state index is 13.0. The first-order valence-electron chi connectivity index (χ1n) is 8.03. The average Bonchev–Trinajstić information content (AvgIpc) is 3.18. The summed E-state index contributed by atoms with van der Waals surface area (Å²) >= 11 is 0. The second kappa shape index (κ2) is 7.86. The lowest BCUT2D eigenvalue weighted by atomic mass is 10.2. The van der Waals surface area contributed by atoms with Gasteiger partial charge in [-0.3, -0.25) is 0 Å². The van der Waals surface area contributed by atoms with E-state index in [2.05, 4.69) is 10.2 Å². The summed E-state index contributed by atoms with van der Waals surface area (Å²) < 4.78 is 34.2. The number of carbonyl (C=O) groups excluding carboxylic acids is 1. The standard InChI is InChI=1S/C19H17FN2O5/c1-11(17-21-22-18(27-17)12-4-6-14(20)7-5-12)26-19(23)13-8-15(24-2)10-16(9-13)25-3/h4-11H,1-3H3/t11-/m0/s1. The number of carbonyl (C=O) groups is 1. The molecular formula is C19H17FN2O5. The lowest BCUT2D eigenvalue weighted by Gasteiger charge is -2.11. The molecule has 2 aromatic carbocycles. The minimum atomic E-state index is -0.781. The van der Waals surface area contributed by atoms with Gasteiger partial charge in [-0.2, -0.15) is 0 Å². The van der Waals surface area contributed by atoms with Crippen LogP contribution in [-0.4, -0.2) is 30.4 Å². The molecule has 140 valence electrons. The van der Waals surface area contributed by atoms with E-state index in [4.69, 9.17) is 18.6 Å². The van der Waals surface area contributed by atoms with Gasteiger partial charge in [0, 0.05) is 11.6 Å². The van der Waals surface area contributed by atoms with Gasteiger partial charge < -0.3 is 18.6 Å². The Bertz CT molecular complexity index is 917. The van der Waals surface area contributed by atoms with Gasteiger partial charge in [-0.1, -0.05) is 0 Å². The summed E-state index contributed by atoms with van der Waals surface area (Å²) in [6.07, 6.45) is -0.781. The van der Waals surface area contributed by atoms with Crippen molar-refractivity contribution < 1.29 is 27.8 Å². The molecule has 0 amide bonds. The zero-order valence-electron chi connectivity index (χ0n) is 14.9. The number of aromatic nitrogens is 2. The van der Waals surface area contributed by atoms with Crippen LogP contribution >= 0.6 is 0 Å². The molecule has 0 N–H and O–H groups in total. The van der Waals surface area contributed by atoms with Crippen molar-refractivity contribution in [3.05, 3.63) is 59.7 Å². The fraction of sp³-hybridized carbons (Fsp3) is 0.211. The molecular weight excluding hydrogens is 355 g/mol.